The molecule has 0 spiro atoms. The van der Waals surface area contributed by atoms with Gasteiger partial charge in [0.25, 0.3) is 0 Å². The maximum Gasteiger partial charge on any atom is 0.00945 e. The lowest BCUT2D eigenvalue weighted by molar-refractivity contribution is 0.597. The van der Waals surface area contributed by atoms with Crippen LogP contribution >= 0.6 is 11.9 Å². The fourth-order valence-electron chi connectivity index (χ4n) is 0.572. The van der Waals surface area contributed by atoms with E-state index >= 15 is 0 Å². The highest BCUT2D eigenvalue weighted by Gasteiger charge is 2.04. The molecule has 0 unspecified atom stereocenters. The molecule has 0 aliphatic carbocycles. The molecule has 0 bridgehead atoms. The van der Waals surface area contributed by atoms with Crippen molar-refractivity contribution in [1.29, 1.82) is 0 Å². The zero-order chi connectivity index (χ0) is 6.41. The van der Waals surface area contributed by atoms with Gasteiger partial charge in [-0.3, -0.25) is 4.31 Å². The number of hydrogen-bond donors (Lipinski definition) is 0. The summed E-state index contributed by atoms with van der Waals surface area (Å²) < 4.78 is 2.28. The third kappa shape index (κ3) is 3.33. The molecule has 0 aromatic carbocycles. The SMILES string of the molecule is CC.CN1CCCS1. The minimum atomic E-state index is 1.28. The molecule has 8 heavy (non-hydrogen) atoms. The lowest BCUT2D eigenvalue weighted by Crippen LogP contribution is -2.00. The molecule has 0 aromatic rings. The largest absolute Gasteiger partial charge is 0.254 e. The van der Waals surface area contributed by atoms with E-state index in [4.69, 9.17) is 0 Å². The summed E-state index contributed by atoms with van der Waals surface area (Å²) in [6, 6.07) is 0. The summed E-state index contributed by atoms with van der Waals surface area (Å²) in [5.74, 6) is 1.33. The van der Waals surface area contributed by atoms with Gasteiger partial charge in [0.05, 0.1) is 0 Å². The van der Waals surface area contributed by atoms with Gasteiger partial charge in [-0.2, -0.15) is 0 Å². The minimum absolute atomic E-state index is 1.28. The van der Waals surface area contributed by atoms with Crippen LogP contribution in [0.25, 0.3) is 0 Å². The summed E-state index contributed by atoms with van der Waals surface area (Å²) in [5, 5.41) is 0. The second kappa shape index (κ2) is 5.45. The van der Waals surface area contributed by atoms with Gasteiger partial charge in [0.15, 0.2) is 0 Å². The highest BCUT2D eigenvalue weighted by molar-refractivity contribution is 7.97. The molecule has 0 N–H and O–H groups in total. The molecule has 1 fully saturated rings. The van der Waals surface area contributed by atoms with Crippen LogP contribution < -0.4 is 0 Å². The monoisotopic (exact) mass is 133 g/mol. The molecule has 50 valence electrons. The van der Waals surface area contributed by atoms with Crippen LogP contribution in [0.15, 0.2) is 0 Å². The number of hydrogen-bond acceptors (Lipinski definition) is 2. The predicted molar refractivity (Wildman–Crippen MR) is 41.1 cm³/mol. The van der Waals surface area contributed by atoms with Gasteiger partial charge in [-0.05, 0) is 13.5 Å². The molecular weight excluding hydrogens is 118 g/mol. The molecule has 1 saturated heterocycles. The van der Waals surface area contributed by atoms with E-state index in [9.17, 15) is 0 Å². The van der Waals surface area contributed by atoms with Gasteiger partial charge in [-0.25, -0.2) is 0 Å². The van der Waals surface area contributed by atoms with Gasteiger partial charge in [0, 0.05) is 12.3 Å². The maximum atomic E-state index is 2.28. The molecule has 1 aliphatic heterocycles. The van der Waals surface area contributed by atoms with Gasteiger partial charge in [-0.15, -0.1) is 0 Å². The summed E-state index contributed by atoms with van der Waals surface area (Å²) in [7, 11) is 2.14. The van der Waals surface area contributed by atoms with E-state index in [2.05, 4.69) is 11.4 Å². The van der Waals surface area contributed by atoms with E-state index in [0.29, 0.717) is 0 Å². The Morgan fingerprint density at radius 3 is 2.12 bits per heavy atom. The number of nitrogens with zero attached hydrogens (tertiary/aromatic N) is 1. The van der Waals surface area contributed by atoms with E-state index in [1.165, 1.54) is 18.7 Å². The Morgan fingerprint density at radius 2 is 2.00 bits per heavy atom. The van der Waals surface area contributed by atoms with E-state index in [1.54, 1.807) is 0 Å². The van der Waals surface area contributed by atoms with Gasteiger partial charge in [0.2, 0.25) is 0 Å². The summed E-state index contributed by atoms with van der Waals surface area (Å²) >= 11 is 1.93. The average Bonchev–Trinajstić information content (AvgIpc) is 2.24. The average molecular weight is 133 g/mol. The van der Waals surface area contributed by atoms with Crippen LogP contribution in [0, 0.1) is 0 Å². The molecule has 0 atom stereocenters. The Morgan fingerprint density at radius 1 is 1.38 bits per heavy atom. The highest BCUT2D eigenvalue weighted by atomic mass is 32.2. The third-order valence-corrected chi connectivity index (χ3v) is 2.02. The normalized spacial score (nSPS) is 19.9. The zero-order valence-electron chi connectivity index (χ0n) is 5.98. The first-order valence-electron chi connectivity index (χ1n) is 3.23. The van der Waals surface area contributed by atoms with Crippen LogP contribution in [0.3, 0.4) is 0 Å². The number of rotatable bonds is 0. The van der Waals surface area contributed by atoms with Crippen LogP contribution in [0.5, 0.6) is 0 Å². The lowest BCUT2D eigenvalue weighted by Gasteiger charge is -1.99. The van der Waals surface area contributed by atoms with E-state index in [-0.39, 0.29) is 0 Å². The molecule has 2 heteroatoms. The Hall–Kier alpha value is 0.310. The molecular formula is C6H15NS. The first-order valence-corrected chi connectivity index (χ1v) is 4.18. The fourth-order valence-corrected chi connectivity index (χ4v) is 1.40. The van der Waals surface area contributed by atoms with Crippen molar-refractivity contribution in [3.8, 4) is 0 Å². The van der Waals surface area contributed by atoms with Gasteiger partial charge in [-0.1, -0.05) is 25.8 Å². The first-order chi connectivity index (χ1) is 3.89. The Balaban J connectivity index is 0.000000222. The van der Waals surface area contributed by atoms with Crippen molar-refractivity contribution < 1.29 is 0 Å². The van der Waals surface area contributed by atoms with Gasteiger partial charge in [0.1, 0.15) is 0 Å². The van der Waals surface area contributed by atoms with Crippen molar-refractivity contribution in [2.45, 2.75) is 20.3 Å². The standard InChI is InChI=1S/C4H9NS.C2H6/c1-5-3-2-4-6-5;1-2/h2-4H2,1H3;1-2H3. The second-order valence-electron chi connectivity index (χ2n) is 1.54. The molecule has 0 aromatic heterocycles. The summed E-state index contributed by atoms with van der Waals surface area (Å²) in [6.07, 6.45) is 1.38. The summed E-state index contributed by atoms with van der Waals surface area (Å²) in [6.45, 7) is 5.28. The highest BCUT2D eigenvalue weighted by Crippen LogP contribution is 2.15. The second-order valence-corrected chi connectivity index (χ2v) is 2.83. The van der Waals surface area contributed by atoms with Crippen molar-refractivity contribution in [3.63, 3.8) is 0 Å². The zero-order valence-corrected chi connectivity index (χ0v) is 6.79. The smallest absolute Gasteiger partial charge is 0.00945 e. The molecule has 0 amide bonds. The van der Waals surface area contributed by atoms with Crippen molar-refractivity contribution in [3.05, 3.63) is 0 Å². The van der Waals surface area contributed by atoms with Crippen LogP contribution in [0.4, 0.5) is 0 Å². The van der Waals surface area contributed by atoms with Gasteiger partial charge >= 0.3 is 0 Å². The lowest BCUT2D eigenvalue weighted by atomic mass is 10.5. The molecule has 0 saturated carbocycles. The van der Waals surface area contributed by atoms with Crippen molar-refractivity contribution >= 4 is 11.9 Å². The Bertz CT molecular complexity index is 41.8. The predicted octanol–water partition coefficient (Wildman–Crippen LogP) is 2.00. The van der Waals surface area contributed by atoms with Gasteiger partial charge < -0.3 is 0 Å². The summed E-state index contributed by atoms with van der Waals surface area (Å²) in [5.41, 5.74) is 0. The van der Waals surface area contributed by atoms with Crippen LogP contribution in [-0.2, 0) is 0 Å². The van der Waals surface area contributed by atoms with E-state index in [0.717, 1.165) is 0 Å². The molecule has 1 heterocycles. The van der Waals surface area contributed by atoms with E-state index in [1.807, 2.05) is 25.8 Å². The molecule has 1 aliphatic rings. The molecule has 0 radical (unpaired) electrons. The van der Waals surface area contributed by atoms with Crippen molar-refractivity contribution in [2.75, 3.05) is 19.3 Å². The van der Waals surface area contributed by atoms with Crippen LogP contribution in [0.1, 0.15) is 20.3 Å². The van der Waals surface area contributed by atoms with Crippen LogP contribution in [0.2, 0.25) is 0 Å². The molecule has 1 nitrogen and oxygen atoms in total. The fraction of sp³-hybridized carbons (Fsp3) is 1.00. The Kier molecular flexibility index (Phi) is 5.66. The quantitative estimate of drug-likeness (QED) is 0.465. The molecule has 1 rings (SSSR count). The maximum absolute atomic E-state index is 2.28. The Labute approximate surface area is 56.6 Å². The minimum Gasteiger partial charge on any atom is -0.254 e. The van der Waals surface area contributed by atoms with Crippen LogP contribution in [-0.4, -0.2) is 23.7 Å². The van der Waals surface area contributed by atoms with Crippen molar-refractivity contribution in [1.82, 2.24) is 4.31 Å². The first kappa shape index (κ1) is 8.31. The third-order valence-electron chi connectivity index (χ3n) is 0.929. The summed E-state index contributed by atoms with van der Waals surface area (Å²) in [4.78, 5) is 0. The van der Waals surface area contributed by atoms with Crippen molar-refractivity contribution in [2.24, 2.45) is 0 Å². The topological polar surface area (TPSA) is 3.24 Å². The van der Waals surface area contributed by atoms with E-state index < -0.39 is 0 Å².